The van der Waals surface area contributed by atoms with E-state index in [0.29, 0.717) is 77.9 Å². The number of methoxy groups -OCH3 is 8. The third kappa shape index (κ3) is 11.4. The Morgan fingerprint density at radius 1 is 0.361 bits per heavy atom. The Labute approximate surface area is 447 Å². The molecule has 0 saturated carbocycles. The van der Waals surface area contributed by atoms with Crippen molar-refractivity contribution in [3.05, 3.63) is 88.9 Å². The zero-order valence-electron chi connectivity index (χ0n) is 43.3. The van der Waals surface area contributed by atoms with Crippen molar-refractivity contribution in [3.8, 4) is 46.0 Å². The summed E-state index contributed by atoms with van der Waals surface area (Å²) in [5, 5.41) is 18.0. The molecule has 4 unspecified atom stereocenters. The van der Waals surface area contributed by atoms with Crippen LogP contribution in [0.3, 0.4) is 0 Å². The fourth-order valence-electron chi connectivity index (χ4n) is 12.2. The summed E-state index contributed by atoms with van der Waals surface area (Å²) in [6, 6.07) is 9.04. The van der Waals surface area contributed by atoms with Crippen molar-refractivity contribution < 1.29 is 37.9 Å². The average molecular weight is 1070 g/mol. The van der Waals surface area contributed by atoms with Crippen molar-refractivity contribution in [1.82, 2.24) is 21.3 Å². The Balaban J connectivity index is 1.08. The summed E-state index contributed by atoms with van der Waals surface area (Å²) in [6.07, 6.45) is 13.5. The second-order valence-corrected chi connectivity index (χ2v) is 21.1. The highest BCUT2D eigenvalue weighted by Gasteiger charge is 2.33. The van der Waals surface area contributed by atoms with Gasteiger partial charge in [0, 0.05) is 24.2 Å². The molecule has 0 amide bonds. The third-order valence-corrected chi connectivity index (χ3v) is 17.6. The van der Waals surface area contributed by atoms with Gasteiger partial charge in [-0.2, -0.15) is 0 Å². The van der Waals surface area contributed by atoms with Crippen molar-refractivity contribution in [2.75, 3.05) is 83.1 Å². The molecular formula is C56H74Cl4N4O8. The highest BCUT2D eigenvalue weighted by Crippen LogP contribution is 2.49. The number of hydrogen-bond acceptors (Lipinski definition) is 12. The van der Waals surface area contributed by atoms with Gasteiger partial charge in [-0.05, 0) is 184 Å². The van der Waals surface area contributed by atoms with Crippen molar-refractivity contribution >= 4 is 46.4 Å². The van der Waals surface area contributed by atoms with Gasteiger partial charge in [-0.1, -0.05) is 59.2 Å². The first-order valence-corrected chi connectivity index (χ1v) is 27.2. The molecule has 0 aromatic heterocycles. The van der Waals surface area contributed by atoms with Crippen LogP contribution in [-0.4, -0.2) is 83.1 Å². The highest BCUT2D eigenvalue weighted by molar-refractivity contribution is 6.34. The first-order valence-electron chi connectivity index (χ1n) is 25.7. The van der Waals surface area contributed by atoms with E-state index in [1.165, 1.54) is 22.3 Å². The molecule has 72 heavy (non-hydrogen) atoms. The highest BCUT2D eigenvalue weighted by atomic mass is 35.5. The molecule has 0 bridgehead atoms. The number of hydrogen-bond donors (Lipinski definition) is 4. The van der Waals surface area contributed by atoms with Gasteiger partial charge in [0.25, 0.3) is 0 Å². The minimum atomic E-state index is 0.133. The lowest BCUT2D eigenvalue weighted by atomic mass is 9.80. The molecule has 16 heteroatoms. The topological polar surface area (TPSA) is 122 Å². The van der Waals surface area contributed by atoms with Crippen LogP contribution >= 0.6 is 46.4 Å². The summed E-state index contributed by atoms with van der Waals surface area (Å²) in [7, 11) is 13.3. The maximum absolute atomic E-state index is 7.04. The first-order chi connectivity index (χ1) is 35.0. The molecule has 0 spiro atoms. The van der Waals surface area contributed by atoms with E-state index in [1.54, 1.807) is 56.9 Å². The molecule has 4 aromatic rings. The van der Waals surface area contributed by atoms with E-state index in [1.807, 2.05) is 0 Å². The largest absolute Gasteiger partial charge is 0.493 e. The molecule has 4 N–H and O–H groups in total. The maximum atomic E-state index is 7.04. The Bertz CT molecular complexity index is 2190. The summed E-state index contributed by atoms with van der Waals surface area (Å²) >= 11 is 28.2. The molecule has 4 aliphatic rings. The Hall–Kier alpha value is -3.72. The van der Waals surface area contributed by atoms with Crippen molar-refractivity contribution in [2.24, 2.45) is 11.8 Å². The lowest BCUT2D eigenvalue weighted by molar-refractivity contribution is 0.278. The minimum Gasteiger partial charge on any atom is -0.493 e. The predicted octanol–water partition coefficient (Wildman–Crippen LogP) is 12.4. The minimum absolute atomic E-state index is 0.133. The third-order valence-electron chi connectivity index (χ3n) is 16.0. The van der Waals surface area contributed by atoms with E-state index in [4.69, 9.17) is 84.3 Å². The number of ether oxygens (including phenoxy) is 8. The standard InChI is InChI=1S/C56H74Cl4N4O8/c1-65-45-27-37-33(49(57)53(45)69-5)19-23-61-41(37)15-11-31(12-16-42-38-28-46(66-2)54(70-6)50(58)34(38)20-24-62-42)9-10-32(13-17-43-39-29-47(67-3)55(71-7)51(59)35(39)21-25-63-43)14-18-44-40-30-48(68-4)56(72-8)52(60)36(40)22-26-64-44/h27-32,41-44,61-64H,9-26H2,1-8H3. The molecule has 0 fully saturated rings. The zero-order valence-corrected chi connectivity index (χ0v) is 46.3. The maximum Gasteiger partial charge on any atom is 0.179 e. The summed E-state index contributed by atoms with van der Waals surface area (Å²) in [5.74, 6) is 5.90. The molecule has 8 rings (SSSR count). The van der Waals surface area contributed by atoms with E-state index in [-0.39, 0.29) is 24.2 Å². The van der Waals surface area contributed by atoms with Crippen LogP contribution in [0.15, 0.2) is 24.3 Å². The van der Waals surface area contributed by atoms with Gasteiger partial charge in [-0.25, -0.2) is 0 Å². The second kappa shape index (κ2) is 25.2. The van der Waals surface area contributed by atoms with Crippen molar-refractivity contribution in [2.45, 2.75) is 114 Å². The van der Waals surface area contributed by atoms with Crippen LogP contribution in [0, 0.1) is 11.8 Å². The number of rotatable bonds is 23. The fourth-order valence-corrected chi connectivity index (χ4v) is 13.7. The van der Waals surface area contributed by atoms with Gasteiger partial charge < -0.3 is 59.2 Å². The molecule has 4 aromatic carbocycles. The van der Waals surface area contributed by atoms with E-state index in [9.17, 15) is 0 Å². The molecule has 12 nitrogen and oxygen atoms in total. The first kappa shape index (κ1) is 54.5. The van der Waals surface area contributed by atoms with E-state index in [2.05, 4.69) is 45.5 Å². The van der Waals surface area contributed by atoms with Gasteiger partial charge in [0.1, 0.15) is 0 Å². The van der Waals surface area contributed by atoms with Crippen LogP contribution in [0.25, 0.3) is 0 Å². The van der Waals surface area contributed by atoms with E-state index < -0.39 is 0 Å². The number of benzene rings is 4. The number of nitrogens with one attached hydrogen (secondary N) is 4. The van der Waals surface area contributed by atoms with Gasteiger partial charge in [0.2, 0.25) is 0 Å². The van der Waals surface area contributed by atoms with Crippen LogP contribution in [-0.2, 0) is 25.7 Å². The molecule has 4 heterocycles. The lowest BCUT2D eigenvalue weighted by Crippen LogP contribution is -2.32. The summed E-state index contributed by atoms with van der Waals surface area (Å²) in [4.78, 5) is 0. The van der Waals surface area contributed by atoms with Crippen LogP contribution in [0.4, 0.5) is 0 Å². The van der Waals surface area contributed by atoms with Crippen LogP contribution in [0.5, 0.6) is 46.0 Å². The molecule has 0 radical (unpaired) electrons. The zero-order chi connectivity index (χ0) is 51.1. The van der Waals surface area contributed by atoms with Crippen molar-refractivity contribution in [1.29, 1.82) is 0 Å². The van der Waals surface area contributed by atoms with Crippen LogP contribution in [0.2, 0.25) is 20.1 Å². The Morgan fingerprint density at radius 2 is 0.583 bits per heavy atom. The fraction of sp³-hybridized carbons (Fsp3) is 0.571. The molecule has 0 saturated heterocycles. The normalized spacial score (nSPS) is 20.0. The molecule has 394 valence electrons. The van der Waals surface area contributed by atoms with Gasteiger partial charge in [-0.15, -0.1) is 0 Å². The Kier molecular flexibility index (Phi) is 19.1. The second-order valence-electron chi connectivity index (χ2n) is 19.6. The Morgan fingerprint density at radius 3 is 0.778 bits per heavy atom. The quantitative estimate of drug-likeness (QED) is 0.0566. The van der Waals surface area contributed by atoms with Crippen molar-refractivity contribution in [3.63, 3.8) is 0 Å². The molecule has 4 aliphatic heterocycles. The van der Waals surface area contributed by atoms with Crippen LogP contribution in [0.1, 0.15) is 133 Å². The van der Waals surface area contributed by atoms with Gasteiger partial charge in [0.15, 0.2) is 46.0 Å². The van der Waals surface area contributed by atoms with Crippen LogP contribution < -0.4 is 59.2 Å². The van der Waals surface area contributed by atoms with Gasteiger partial charge >= 0.3 is 0 Å². The number of fused-ring (bicyclic) bond motifs is 4. The monoisotopic (exact) mass is 1070 g/mol. The summed E-state index contributed by atoms with van der Waals surface area (Å²) < 4.78 is 46.1. The molecule has 0 aliphatic carbocycles. The average Bonchev–Trinajstić information content (AvgIpc) is 3.40. The summed E-state index contributed by atoms with van der Waals surface area (Å²) in [6.45, 7) is 3.38. The predicted molar refractivity (Wildman–Crippen MR) is 289 cm³/mol. The smallest absolute Gasteiger partial charge is 0.179 e. The van der Waals surface area contributed by atoms with Gasteiger partial charge in [0.05, 0.1) is 77.0 Å². The number of halogens is 4. The SMILES string of the molecule is COc1cc2c(c(Cl)c1OC)CCNC2CCC(CCC(CCC1NCCc2c1cc(OC)c(OC)c2Cl)CCC1NCCc2c1cc(OC)c(OC)c2Cl)CCC1NCCc2c1cc(OC)c(OC)c2Cl. The lowest BCUT2D eigenvalue weighted by Gasteiger charge is -2.33. The molecule has 4 atom stereocenters. The van der Waals surface area contributed by atoms with E-state index in [0.717, 1.165) is 138 Å². The summed E-state index contributed by atoms with van der Waals surface area (Å²) in [5.41, 5.74) is 9.36. The van der Waals surface area contributed by atoms with Gasteiger partial charge in [-0.3, -0.25) is 0 Å². The molecular weight excluding hydrogens is 998 g/mol. The van der Waals surface area contributed by atoms with E-state index >= 15 is 0 Å².